The lowest BCUT2D eigenvalue weighted by molar-refractivity contribution is 0.158. The molecular formula is C17H14F4O2. The molecule has 122 valence electrons. The van der Waals surface area contributed by atoms with Crippen molar-refractivity contribution < 1.29 is 27.0 Å². The van der Waals surface area contributed by atoms with Crippen LogP contribution in [-0.2, 0) is 0 Å². The molecular weight excluding hydrogens is 312 g/mol. The van der Waals surface area contributed by atoms with Gasteiger partial charge in [-0.15, -0.1) is 0 Å². The Kier molecular flexibility index (Phi) is 3.92. The van der Waals surface area contributed by atoms with Gasteiger partial charge in [-0.3, -0.25) is 0 Å². The van der Waals surface area contributed by atoms with Crippen LogP contribution in [0.4, 0.5) is 17.6 Å². The minimum absolute atomic E-state index is 0.113. The van der Waals surface area contributed by atoms with Crippen molar-refractivity contribution >= 4 is 0 Å². The van der Waals surface area contributed by atoms with Gasteiger partial charge in [0, 0.05) is 11.1 Å². The molecule has 0 saturated heterocycles. The standard InChI is InChI=1S/C17H14F4O2/c1-3-23-11-7-5-9-8-4-6-10(22-2)14(18)12(8)16(20)17(21)13(9)15(11)19/h4-7,16-17H,3H2,1-2H3. The first-order chi connectivity index (χ1) is 11.0. The van der Waals surface area contributed by atoms with E-state index in [9.17, 15) is 17.6 Å². The van der Waals surface area contributed by atoms with Crippen molar-refractivity contribution in [2.45, 2.75) is 19.3 Å². The predicted octanol–water partition coefficient (Wildman–Crippen LogP) is 5.07. The van der Waals surface area contributed by atoms with Gasteiger partial charge in [-0.2, -0.15) is 0 Å². The van der Waals surface area contributed by atoms with Crippen molar-refractivity contribution in [3.63, 3.8) is 0 Å². The highest BCUT2D eigenvalue weighted by Gasteiger charge is 2.40. The Labute approximate surface area is 130 Å². The van der Waals surface area contributed by atoms with Crippen molar-refractivity contribution in [3.05, 3.63) is 47.0 Å². The van der Waals surface area contributed by atoms with E-state index in [0.717, 1.165) is 0 Å². The molecule has 0 bridgehead atoms. The maximum absolute atomic E-state index is 14.5. The SMILES string of the molecule is CCOc1ccc2c(c1F)C(F)C(F)c1c-2ccc(OC)c1F. The van der Waals surface area contributed by atoms with E-state index in [4.69, 9.17) is 9.47 Å². The molecule has 0 amide bonds. The molecule has 3 rings (SSSR count). The van der Waals surface area contributed by atoms with Gasteiger partial charge in [-0.25, -0.2) is 17.6 Å². The van der Waals surface area contributed by atoms with Gasteiger partial charge in [0.25, 0.3) is 0 Å². The Bertz CT molecular complexity index is 761. The topological polar surface area (TPSA) is 18.5 Å². The molecule has 2 aromatic rings. The molecule has 1 aliphatic rings. The highest BCUT2D eigenvalue weighted by atomic mass is 19.2. The summed E-state index contributed by atoms with van der Waals surface area (Å²) in [5, 5.41) is 0. The largest absolute Gasteiger partial charge is 0.494 e. The van der Waals surface area contributed by atoms with E-state index in [1.165, 1.54) is 31.4 Å². The molecule has 2 nitrogen and oxygen atoms in total. The zero-order valence-corrected chi connectivity index (χ0v) is 12.5. The normalized spacial score (nSPS) is 19.0. The van der Waals surface area contributed by atoms with Crippen LogP contribution in [0, 0.1) is 11.6 Å². The molecule has 0 heterocycles. The fourth-order valence-electron chi connectivity index (χ4n) is 2.87. The second kappa shape index (κ2) is 5.76. The minimum Gasteiger partial charge on any atom is -0.494 e. The van der Waals surface area contributed by atoms with E-state index >= 15 is 0 Å². The van der Waals surface area contributed by atoms with Crippen LogP contribution in [0.15, 0.2) is 24.3 Å². The van der Waals surface area contributed by atoms with Gasteiger partial charge in [0.1, 0.15) is 0 Å². The summed E-state index contributed by atoms with van der Waals surface area (Å²) in [6.45, 7) is 1.84. The van der Waals surface area contributed by atoms with Gasteiger partial charge in [-0.05, 0) is 30.2 Å². The van der Waals surface area contributed by atoms with Crippen LogP contribution in [0.5, 0.6) is 11.5 Å². The number of rotatable bonds is 3. The van der Waals surface area contributed by atoms with Gasteiger partial charge in [0.2, 0.25) is 0 Å². The lowest BCUT2D eigenvalue weighted by atomic mass is 9.82. The van der Waals surface area contributed by atoms with Gasteiger partial charge in [0.15, 0.2) is 35.5 Å². The highest BCUT2D eigenvalue weighted by Crippen LogP contribution is 2.52. The first-order valence-electron chi connectivity index (χ1n) is 7.11. The Balaban J connectivity index is 2.28. The monoisotopic (exact) mass is 326 g/mol. The summed E-state index contributed by atoms with van der Waals surface area (Å²) in [6, 6.07) is 5.44. The lowest BCUT2D eigenvalue weighted by Gasteiger charge is -2.28. The fourth-order valence-corrected chi connectivity index (χ4v) is 2.87. The van der Waals surface area contributed by atoms with Crippen molar-refractivity contribution in [1.82, 2.24) is 0 Å². The number of ether oxygens (including phenoxy) is 2. The average molecular weight is 326 g/mol. The summed E-state index contributed by atoms with van der Waals surface area (Å²) in [5.41, 5.74) is -0.668. The smallest absolute Gasteiger partial charge is 0.171 e. The van der Waals surface area contributed by atoms with Crippen molar-refractivity contribution in [1.29, 1.82) is 0 Å². The number of methoxy groups -OCH3 is 1. The second-order valence-corrected chi connectivity index (χ2v) is 5.12. The Morgan fingerprint density at radius 2 is 1.35 bits per heavy atom. The molecule has 0 N–H and O–H groups in total. The molecule has 1 aliphatic carbocycles. The molecule has 6 heteroatoms. The number of fused-ring (bicyclic) bond motifs is 3. The maximum atomic E-state index is 14.5. The Morgan fingerprint density at radius 3 is 1.83 bits per heavy atom. The first kappa shape index (κ1) is 15.6. The second-order valence-electron chi connectivity index (χ2n) is 5.12. The summed E-state index contributed by atoms with van der Waals surface area (Å²) in [5.74, 6) is -2.27. The van der Waals surface area contributed by atoms with E-state index in [1.54, 1.807) is 6.92 Å². The third-order valence-electron chi connectivity index (χ3n) is 3.91. The van der Waals surface area contributed by atoms with E-state index in [2.05, 4.69) is 0 Å². The van der Waals surface area contributed by atoms with Crippen LogP contribution < -0.4 is 9.47 Å². The number of alkyl halides is 2. The molecule has 0 aromatic heterocycles. The van der Waals surface area contributed by atoms with Crippen LogP contribution in [-0.4, -0.2) is 13.7 Å². The van der Waals surface area contributed by atoms with E-state index in [0.29, 0.717) is 0 Å². The van der Waals surface area contributed by atoms with E-state index < -0.39 is 35.1 Å². The number of hydrogen-bond acceptors (Lipinski definition) is 2. The van der Waals surface area contributed by atoms with Crippen molar-refractivity contribution in [2.75, 3.05) is 13.7 Å². The van der Waals surface area contributed by atoms with Crippen LogP contribution in [0.25, 0.3) is 11.1 Å². The first-order valence-corrected chi connectivity index (χ1v) is 7.11. The van der Waals surface area contributed by atoms with Crippen molar-refractivity contribution in [3.8, 4) is 22.6 Å². The molecule has 2 atom stereocenters. The van der Waals surface area contributed by atoms with Crippen LogP contribution >= 0.6 is 0 Å². The van der Waals surface area contributed by atoms with Crippen LogP contribution in [0.2, 0.25) is 0 Å². The Morgan fingerprint density at radius 1 is 0.870 bits per heavy atom. The summed E-state index contributed by atoms with van der Waals surface area (Å²) in [4.78, 5) is 0. The number of benzene rings is 2. The van der Waals surface area contributed by atoms with Gasteiger partial charge >= 0.3 is 0 Å². The minimum atomic E-state index is -2.32. The molecule has 0 saturated carbocycles. The molecule has 0 radical (unpaired) electrons. The van der Waals surface area contributed by atoms with Gasteiger partial charge in [0.05, 0.1) is 13.7 Å². The highest BCUT2D eigenvalue weighted by molar-refractivity contribution is 5.76. The molecule has 23 heavy (non-hydrogen) atoms. The number of halogens is 4. The summed E-state index contributed by atoms with van der Waals surface area (Å²) >= 11 is 0. The zero-order valence-electron chi connectivity index (χ0n) is 12.5. The lowest BCUT2D eigenvalue weighted by Crippen LogP contribution is -2.16. The zero-order chi connectivity index (χ0) is 16.7. The Hall–Kier alpha value is -2.24. The molecule has 0 spiro atoms. The summed E-state index contributed by atoms with van der Waals surface area (Å²) < 4.78 is 67.6. The van der Waals surface area contributed by atoms with Crippen LogP contribution in [0.3, 0.4) is 0 Å². The molecule has 0 fully saturated rings. The third-order valence-corrected chi connectivity index (χ3v) is 3.91. The summed E-state index contributed by atoms with van der Waals surface area (Å²) in [7, 11) is 1.23. The third kappa shape index (κ3) is 2.24. The van der Waals surface area contributed by atoms with E-state index in [1.807, 2.05) is 0 Å². The summed E-state index contributed by atoms with van der Waals surface area (Å²) in [6.07, 6.45) is -4.64. The number of hydrogen-bond donors (Lipinski definition) is 0. The molecule has 2 aromatic carbocycles. The molecule has 0 aliphatic heterocycles. The fraction of sp³-hybridized carbons (Fsp3) is 0.294. The van der Waals surface area contributed by atoms with Crippen LogP contribution in [0.1, 0.15) is 30.4 Å². The van der Waals surface area contributed by atoms with Gasteiger partial charge in [-0.1, -0.05) is 12.1 Å². The van der Waals surface area contributed by atoms with E-state index in [-0.39, 0.29) is 29.2 Å². The molecule has 2 unspecified atom stereocenters. The quantitative estimate of drug-likeness (QED) is 0.733. The average Bonchev–Trinajstić information content (AvgIpc) is 2.54. The maximum Gasteiger partial charge on any atom is 0.171 e. The van der Waals surface area contributed by atoms with Gasteiger partial charge < -0.3 is 9.47 Å². The van der Waals surface area contributed by atoms with Crippen molar-refractivity contribution in [2.24, 2.45) is 0 Å². The predicted molar refractivity (Wildman–Crippen MR) is 77.2 cm³/mol.